The maximum atomic E-state index is 12.2. The lowest BCUT2D eigenvalue weighted by atomic mass is 10.3. The summed E-state index contributed by atoms with van der Waals surface area (Å²) >= 11 is 17.9. The molecule has 0 bridgehead atoms. The number of nitrogens with one attached hydrogen (secondary N) is 2. The molecule has 2 rings (SSSR count). The Hall–Kier alpha value is -1.51. The Kier molecular flexibility index (Phi) is 8.39. The molecule has 28 heavy (non-hydrogen) atoms. The summed E-state index contributed by atoms with van der Waals surface area (Å²) in [6, 6.07) is 8.71. The van der Waals surface area contributed by atoms with Gasteiger partial charge in [0.15, 0.2) is 6.61 Å². The van der Waals surface area contributed by atoms with Gasteiger partial charge in [0.2, 0.25) is 10.0 Å². The van der Waals surface area contributed by atoms with Gasteiger partial charge in [-0.05, 0) is 42.8 Å². The van der Waals surface area contributed by atoms with Gasteiger partial charge in [-0.3, -0.25) is 4.79 Å². The van der Waals surface area contributed by atoms with Gasteiger partial charge in [0.25, 0.3) is 5.91 Å². The molecular formula is C18H19Cl3N2O4S. The van der Waals surface area contributed by atoms with Gasteiger partial charge in [-0.1, -0.05) is 48.1 Å². The molecule has 0 aliphatic carbocycles. The van der Waals surface area contributed by atoms with Crippen LogP contribution in [0.1, 0.15) is 19.8 Å². The molecule has 2 aromatic rings. The van der Waals surface area contributed by atoms with Crippen LogP contribution in [-0.4, -0.2) is 27.5 Å². The van der Waals surface area contributed by atoms with Crippen molar-refractivity contribution in [2.24, 2.45) is 0 Å². The Bertz CT molecular complexity index is 952. The zero-order valence-corrected chi connectivity index (χ0v) is 18.1. The third kappa shape index (κ3) is 6.53. The summed E-state index contributed by atoms with van der Waals surface area (Å²) in [5.41, 5.74) is 0.394. The molecule has 2 N–H and O–H groups in total. The zero-order valence-electron chi connectivity index (χ0n) is 15.0. The SMILES string of the molecule is CCCCNS(=O)(=O)c1ccc(OCC(=O)Nc2ccc(Cl)cc2Cl)c(Cl)c1. The maximum Gasteiger partial charge on any atom is 0.262 e. The zero-order chi connectivity index (χ0) is 20.7. The van der Waals surface area contributed by atoms with E-state index < -0.39 is 15.9 Å². The van der Waals surface area contributed by atoms with Gasteiger partial charge < -0.3 is 10.1 Å². The predicted octanol–water partition coefficient (Wildman–Crippen LogP) is 4.74. The Labute approximate surface area is 179 Å². The number of hydrogen-bond donors (Lipinski definition) is 2. The van der Waals surface area contributed by atoms with Gasteiger partial charge >= 0.3 is 0 Å². The molecule has 0 spiro atoms. The summed E-state index contributed by atoms with van der Waals surface area (Å²) < 4.78 is 32.3. The van der Waals surface area contributed by atoms with Gasteiger partial charge in [0.05, 0.1) is 20.6 Å². The van der Waals surface area contributed by atoms with Crippen LogP contribution in [0.2, 0.25) is 15.1 Å². The first-order valence-corrected chi connectivity index (χ1v) is 11.0. The smallest absolute Gasteiger partial charge is 0.262 e. The Balaban J connectivity index is 1.98. The molecule has 0 aliphatic rings. The van der Waals surface area contributed by atoms with Crippen LogP contribution in [0.25, 0.3) is 0 Å². The summed E-state index contributed by atoms with van der Waals surface area (Å²) in [5, 5.41) is 3.41. The van der Waals surface area contributed by atoms with Crippen molar-refractivity contribution >= 4 is 56.4 Å². The molecule has 1 amide bonds. The second-order valence-electron chi connectivity index (χ2n) is 5.80. The number of benzene rings is 2. The van der Waals surface area contributed by atoms with Crippen molar-refractivity contribution in [3.8, 4) is 5.75 Å². The van der Waals surface area contributed by atoms with Crippen molar-refractivity contribution in [3.63, 3.8) is 0 Å². The number of unbranched alkanes of at least 4 members (excludes halogenated alkanes) is 1. The number of amides is 1. The van der Waals surface area contributed by atoms with Crippen LogP contribution in [0, 0.1) is 0 Å². The lowest BCUT2D eigenvalue weighted by Crippen LogP contribution is -2.24. The second-order valence-corrected chi connectivity index (χ2v) is 8.82. The Morgan fingerprint density at radius 1 is 1.07 bits per heavy atom. The maximum absolute atomic E-state index is 12.2. The van der Waals surface area contributed by atoms with E-state index in [1.807, 2.05) is 6.92 Å². The number of carbonyl (C=O) groups is 1. The molecule has 0 saturated heterocycles. The molecule has 0 unspecified atom stereocenters. The number of ether oxygens (including phenoxy) is 1. The lowest BCUT2D eigenvalue weighted by Gasteiger charge is -2.11. The predicted molar refractivity (Wildman–Crippen MR) is 112 cm³/mol. The van der Waals surface area contributed by atoms with Gasteiger partial charge in [-0.15, -0.1) is 0 Å². The molecule has 0 aromatic heterocycles. The van der Waals surface area contributed by atoms with E-state index in [2.05, 4.69) is 10.0 Å². The van der Waals surface area contributed by atoms with Crippen molar-refractivity contribution in [1.29, 1.82) is 0 Å². The number of anilines is 1. The molecule has 0 aliphatic heterocycles. The summed E-state index contributed by atoms with van der Waals surface area (Å²) in [6.45, 7) is 1.98. The number of sulfonamides is 1. The van der Waals surface area contributed by atoms with Crippen molar-refractivity contribution in [1.82, 2.24) is 4.72 Å². The monoisotopic (exact) mass is 464 g/mol. The van der Waals surface area contributed by atoms with Crippen LogP contribution >= 0.6 is 34.8 Å². The van der Waals surface area contributed by atoms with Crippen molar-refractivity contribution in [2.45, 2.75) is 24.7 Å². The molecule has 0 saturated carbocycles. The van der Waals surface area contributed by atoms with Gasteiger partial charge in [-0.25, -0.2) is 13.1 Å². The molecule has 2 aromatic carbocycles. The van der Waals surface area contributed by atoms with E-state index in [0.717, 1.165) is 12.8 Å². The first kappa shape index (κ1) is 22.8. The van der Waals surface area contributed by atoms with Crippen LogP contribution in [-0.2, 0) is 14.8 Å². The third-order valence-electron chi connectivity index (χ3n) is 3.60. The number of rotatable bonds is 9. The van der Waals surface area contributed by atoms with E-state index in [4.69, 9.17) is 39.5 Å². The highest BCUT2D eigenvalue weighted by Crippen LogP contribution is 2.28. The van der Waals surface area contributed by atoms with Crippen LogP contribution in [0.4, 0.5) is 5.69 Å². The minimum atomic E-state index is -3.65. The average molecular weight is 466 g/mol. The normalized spacial score (nSPS) is 11.3. The molecule has 6 nitrogen and oxygen atoms in total. The fourth-order valence-corrected chi connectivity index (χ4v) is 4.01. The summed E-state index contributed by atoms with van der Waals surface area (Å²) in [5.74, 6) is -0.273. The van der Waals surface area contributed by atoms with E-state index in [-0.39, 0.29) is 22.3 Å². The summed E-state index contributed by atoms with van der Waals surface area (Å²) in [6.07, 6.45) is 1.61. The molecule has 0 heterocycles. The largest absolute Gasteiger partial charge is 0.482 e. The fourth-order valence-electron chi connectivity index (χ4n) is 2.15. The van der Waals surface area contributed by atoms with Crippen LogP contribution in [0.5, 0.6) is 5.75 Å². The summed E-state index contributed by atoms with van der Waals surface area (Å²) in [7, 11) is -3.65. The molecular weight excluding hydrogens is 447 g/mol. The third-order valence-corrected chi connectivity index (χ3v) is 5.90. The van der Waals surface area contributed by atoms with E-state index in [9.17, 15) is 13.2 Å². The Morgan fingerprint density at radius 3 is 2.46 bits per heavy atom. The molecule has 0 radical (unpaired) electrons. The van der Waals surface area contributed by atoms with Crippen molar-refractivity contribution in [2.75, 3.05) is 18.5 Å². The highest BCUT2D eigenvalue weighted by Gasteiger charge is 2.16. The van der Waals surface area contributed by atoms with E-state index >= 15 is 0 Å². The minimum absolute atomic E-state index is 0.0263. The molecule has 0 fully saturated rings. The fraction of sp³-hybridized carbons (Fsp3) is 0.278. The lowest BCUT2D eigenvalue weighted by molar-refractivity contribution is -0.118. The number of halogens is 3. The molecule has 152 valence electrons. The first-order valence-electron chi connectivity index (χ1n) is 8.40. The highest BCUT2D eigenvalue weighted by atomic mass is 35.5. The standard InChI is InChI=1S/C18H19Cl3N2O4S/c1-2-3-8-22-28(25,26)13-5-7-17(15(21)10-13)27-11-18(24)23-16-6-4-12(19)9-14(16)20/h4-7,9-10,22H,2-3,8,11H2,1H3,(H,23,24). The second kappa shape index (κ2) is 10.3. The van der Waals surface area contributed by atoms with Crippen LogP contribution in [0.3, 0.4) is 0 Å². The van der Waals surface area contributed by atoms with Crippen LogP contribution < -0.4 is 14.8 Å². The first-order chi connectivity index (χ1) is 13.2. The minimum Gasteiger partial charge on any atom is -0.482 e. The highest BCUT2D eigenvalue weighted by molar-refractivity contribution is 7.89. The average Bonchev–Trinajstić information content (AvgIpc) is 2.63. The van der Waals surface area contributed by atoms with E-state index in [1.165, 1.54) is 24.3 Å². The number of carbonyl (C=O) groups excluding carboxylic acids is 1. The topological polar surface area (TPSA) is 84.5 Å². The quantitative estimate of drug-likeness (QED) is 0.524. The van der Waals surface area contributed by atoms with Crippen molar-refractivity contribution < 1.29 is 17.9 Å². The summed E-state index contributed by atoms with van der Waals surface area (Å²) in [4.78, 5) is 12.1. The van der Waals surface area contributed by atoms with Gasteiger partial charge in [-0.2, -0.15) is 0 Å². The van der Waals surface area contributed by atoms with Crippen LogP contribution in [0.15, 0.2) is 41.3 Å². The molecule has 0 atom stereocenters. The van der Waals surface area contributed by atoms with Gasteiger partial charge in [0, 0.05) is 11.6 Å². The van der Waals surface area contributed by atoms with Crippen molar-refractivity contribution in [3.05, 3.63) is 51.5 Å². The molecule has 10 heteroatoms. The number of hydrogen-bond acceptors (Lipinski definition) is 4. The van der Waals surface area contributed by atoms with E-state index in [1.54, 1.807) is 12.1 Å². The van der Waals surface area contributed by atoms with Gasteiger partial charge in [0.1, 0.15) is 5.75 Å². The van der Waals surface area contributed by atoms with E-state index in [0.29, 0.717) is 22.3 Å². The Morgan fingerprint density at radius 2 is 1.82 bits per heavy atom.